The van der Waals surface area contributed by atoms with Crippen LogP contribution in [0.1, 0.15) is 67.3 Å². The molecule has 1 heterocycles. The van der Waals surface area contributed by atoms with E-state index < -0.39 is 0 Å². The average Bonchev–Trinajstić information content (AvgIpc) is 2.77. The van der Waals surface area contributed by atoms with Gasteiger partial charge in [-0.1, -0.05) is 38.1 Å². The first kappa shape index (κ1) is 18.7. The quantitative estimate of drug-likeness (QED) is 0.705. The SMILES string of the molecule is Cc1cc(N)c(C)c2c1OC(C)(C)C2c1ccc(C(C)C)cc1.Cl. The number of hydrogen-bond acceptors (Lipinski definition) is 2. The highest BCUT2D eigenvalue weighted by Gasteiger charge is 2.44. The van der Waals surface area contributed by atoms with Crippen molar-refractivity contribution in [1.82, 2.24) is 0 Å². The predicted molar refractivity (Wildman–Crippen MR) is 105 cm³/mol. The standard InChI is InChI=1S/C21H27NO.ClH/c1-12(2)15-7-9-16(10-8-15)19-18-14(4)17(22)11-13(3)20(18)23-21(19,5)6;/h7-12,19H,22H2,1-6H3;1H. The highest BCUT2D eigenvalue weighted by atomic mass is 35.5. The summed E-state index contributed by atoms with van der Waals surface area (Å²) in [4.78, 5) is 0. The first-order valence-corrected chi connectivity index (χ1v) is 8.41. The van der Waals surface area contributed by atoms with E-state index in [1.165, 1.54) is 16.7 Å². The summed E-state index contributed by atoms with van der Waals surface area (Å²) in [7, 11) is 0. The van der Waals surface area contributed by atoms with Crippen LogP contribution in [-0.2, 0) is 0 Å². The highest BCUT2D eigenvalue weighted by Crippen LogP contribution is 2.52. The van der Waals surface area contributed by atoms with E-state index in [-0.39, 0.29) is 23.9 Å². The van der Waals surface area contributed by atoms with Crippen molar-refractivity contribution in [3.05, 3.63) is 58.1 Å². The fourth-order valence-electron chi connectivity index (χ4n) is 3.74. The van der Waals surface area contributed by atoms with Gasteiger partial charge in [-0.05, 0) is 61.9 Å². The van der Waals surface area contributed by atoms with Crippen LogP contribution >= 0.6 is 12.4 Å². The van der Waals surface area contributed by atoms with E-state index >= 15 is 0 Å². The zero-order chi connectivity index (χ0) is 16.9. The Labute approximate surface area is 151 Å². The molecule has 0 fully saturated rings. The van der Waals surface area contributed by atoms with E-state index in [4.69, 9.17) is 10.5 Å². The number of benzene rings is 2. The van der Waals surface area contributed by atoms with Crippen LogP contribution in [0.3, 0.4) is 0 Å². The van der Waals surface area contributed by atoms with Crippen molar-refractivity contribution in [2.75, 3.05) is 5.73 Å². The van der Waals surface area contributed by atoms with Crippen molar-refractivity contribution < 1.29 is 4.74 Å². The number of anilines is 1. The molecule has 2 nitrogen and oxygen atoms in total. The van der Waals surface area contributed by atoms with Crippen LogP contribution in [-0.4, -0.2) is 5.60 Å². The third kappa shape index (κ3) is 2.88. The van der Waals surface area contributed by atoms with E-state index in [1.807, 2.05) is 6.07 Å². The molecule has 0 aliphatic carbocycles. The lowest BCUT2D eigenvalue weighted by Gasteiger charge is -2.27. The second-order valence-electron chi connectivity index (χ2n) is 7.61. The summed E-state index contributed by atoms with van der Waals surface area (Å²) in [5, 5.41) is 0. The summed E-state index contributed by atoms with van der Waals surface area (Å²) in [6, 6.07) is 11.0. The predicted octanol–water partition coefficient (Wildman–Crippen LogP) is 5.73. The van der Waals surface area contributed by atoms with Crippen LogP contribution in [0.4, 0.5) is 5.69 Å². The molecule has 0 saturated carbocycles. The van der Waals surface area contributed by atoms with Gasteiger partial charge < -0.3 is 10.5 Å². The molecule has 0 bridgehead atoms. The topological polar surface area (TPSA) is 35.2 Å². The number of nitrogens with two attached hydrogens (primary N) is 1. The third-order valence-corrected chi connectivity index (χ3v) is 5.10. The molecule has 2 N–H and O–H groups in total. The van der Waals surface area contributed by atoms with E-state index in [1.54, 1.807) is 0 Å². The minimum Gasteiger partial charge on any atom is -0.486 e. The fraction of sp³-hybridized carbons (Fsp3) is 0.429. The van der Waals surface area contributed by atoms with Crippen molar-refractivity contribution >= 4 is 18.1 Å². The zero-order valence-electron chi connectivity index (χ0n) is 15.4. The molecule has 1 unspecified atom stereocenters. The van der Waals surface area contributed by atoms with Crippen LogP contribution in [0.5, 0.6) is 5.75 Å². The summed E-state index contributed by atoms with van der Waals surface area (Å²) in [5.74, 6) is 1.77. The Morgan fingerprint density at radius 3 is 2.21 bits per heavy atom. The number of halogens is 1. The molecule has 0 radical (unpaired) electrons. The summed E-state index contributed by atoms with van der Waals surface area (Å²) < 4.78 is 6.35. The van der Waals surface area contributed by atoms with Gasteiger partial charge in [-0.2, -0.15) is 0 Å². The van der Waals surface area contributed by atoms with Crippen LogP contribution < -0.4 is 10.5 Å². The lowest BCUT2D eigenvalue weighted by molar-refractivity contribution is 0.121. The van der Waals surface area contributed by atoms with Gasteiger partial charge in [0.1, 0.15) is 11.4 Å². The van der Waals surface area contributed by atoms with Crippen LogP contribution in [0.25, 0.3) is 0 Å². The van der Waals surface area contributed by atoms with Crippen LogP contribution in [0.2, 0.25) is 0 Å². The lowest BCUT2D eigenvalue weighted by Crippen LogP contribution is -2.31. The van der Waals surface area contributed by atoms with Gasteiger partial charge in [0.15, 0.2) is 0 Å². The molecular weight excluding hydrogens is 318 g/mol. The Morgan fingerprint density at radius 1 is 1.08 bits per heavy atom. The second kappa shape index (κ2) is 6.33. The minimum absolute atomic E-state index is 0. The van der Waals surface area contributed by atoms with E-state index in [0.29, 0.717) is 5.92 Å². The lowest BCUT2D eigenvalue weighted by atomic mass is 9.78. The minimum atomic E-state index is -0.273. The average molecular weight is 346 g/mol. The summed E-state index contributed by atoms with van der Waals surface area (Å²) in [6.07, 6.45) is 0. The Hall–Kier alpha value is -1.67. The molecule has 3 heteroatoms. The number of fused-ring (bicyclic) bond motifs is 1. The molecule has 0 aromatic heterocycles. The van der Waals surface area contributed by atoms with E-state index in [2.05, 4.69) is 65.8 Å². The van der Waals surface area contributed by atoms with Crippen molar-refractivity contribution in [2.45, 2.75) is 59.0 Å². The first-order chi connectivity index (χ1) is 10.7. The van der Waals surface area contributed by atoms with Gasteiger partial charge in [0.05, 0.1) is 5.92 Å². The number of ether oxygens (including phenoxy) is 1. The molecule has 0 amide bonds. The molecule has 1 aliphatic rings. The Balaban J connectivity index is 0.00000208. The second-order valence-corrected chi connectivity index (χ2v) is 7.61. The maximum Gasteiger partial charge on any atom is 0.127 e. The first-order valence-electron chi connectivity index (χ1n) is 8.41. The molecule has 1 aliphatic heterocycles. The Bertz CT molecular complexity index is 747. The van der Waals surface area contributed by atoms with Crippen molar-refractivity contribution in [2.24, 2.45) is 0 Å². The van der Waals surface area contributed by atoms with Crippen molar-refractivity contribution in [3.63, 3.8) is 0 Å². The summed E-state index contributed by atoms with van der Waals surface area (Å²) in [6.45, 7) is 13.0. The van der Waals surface area contributed by atoms with Gasteiger partial charge in [0.2, 0.25) is 0 Å². The van der Waals surface area contributed by atoms with Crippen molar-refractivity contribution in [3.8, 4) is 5.75 Å². The van der Waals surface area contributed by atoms with E-state index in [9.17, 15) is 0 Å². The molecule has 1 atom stereocenters. The van der Waals surface area contributed by atoms with Crippen LogP contribution in [0, 0.1) is 13.8 Å². The molecule has 24 heavy (non-hydrogen) atoms. The third-order valence-electron chi connectivity index (χ3n) is 5.10. The van der Waals surface area contributed by atoms with Gasteiger partial charge in [-0.25, -0.2) is 0 Å². The van der Waals surface area contributed by atoms with Gasteiger partial charge >= 0.3 is 0 Å². The fourth-order valence-corrected chi connectivity index (χ4v) is 3.74. The maximum absolute atomic E-state index is 6.35. The van der Waals surface area contributed by atoms with Gasteiger partial charge in [-0.3, -0.25) is 0 Å². The molecule has 2 aromatic rings. The zero-order valence-corrected chi connectivity index (χ0v) is 16.3. The van der Waals surface area contributed by atoms with Gasteiger partial charge in [-0.15, -0.1) is 12.4 Å². The number of hydrogen-bond donors (Lipinski definition) is 1. The number of rotatable bonds is 2. The molecular formula is C21H28ClNO. The summed E-state index contributed by atoms with van der Waals surface area (Å²) >= 11 is 0. The molecule has 3 rings (SSSR count). The Morgan fingerprint density at radius 2 is 1.67 bits per heavy atom. The molecule has 2 aromatic carbocycles. The smallest absolute Gasteiger partial charge is 0.127 e. The number of aryl methyl sites for hydroxylation is 1. The molecule has 0 saturated heterocycles. The summed E-state index contributed by atoms with van der Waals surface area (Å²) in [5.41, 5.74) is 13.0. The van der Waals surface area contributed by atoms with Crippen molar-refractivity contribution in [1.29, 1.82) is 0 Å². The normalized spacial score (nSPS) is 18.0. The van der Waals surface area contributed by atoms with Crippen LogP contribution in [0.15, 0.2) is 30.3 Å². The largest absolute Gasteiger partial charge is 0.486 e. The highest BCUT2D eigenvalue weighted by molar-refractivity contribution is 5.85. The number of nitrogen functional groups attached to an aromatic ring is 1. The maximum atomic E-state index is 6.35. The van der Waals surface area contributed by atoms with Gasteiger partial charge in [0, 0.05) is 11.3 Å². The molecule has 130 valence electrons. The molecule has 0 spiro atoms. The Kier molecular flexibility index (Phi) is 4.92. The monoisotopic (exact) mass is 345 g/mol. The van der Waals surface area contributed by atoms with Gasteiger partial charge in [0.25, 0.3) is 0 Å². The van der Waals surface area contributed by atoms with E-state index in [0.717, 1.165) is 22.6 Å².